The number of rotatable bonds is 9. The van der Waals surface area contributed by atoms with Gasteiger partial charge in [-0.2, -0.15) is 0 Å². The molecule has 0 unspecified atom stereocenters. The van der Waals surface area contributed by atoms with Gasteiger partial charge in [0.15, 0.2) is 24.5 Å². The Labute approximate surface area is 390 Å². The van der Waals surface area contributed by atoms with Crippen LogP contribution in [0, 0.1) is 23.7 Å². The highest BCUT2D eigenvalue weighted by atomic mass is 16.7. The molecule has 16 nitrogen and oxygen atoms in total. The van der Waals surface area contributed by atoms with E-state index in [1.807, 2.05) is 46.8 Å². The van der Waals surface area contributed by atoms with E-state index < -0.39 is 115 Å². The number of allylic oxidation sites excluding steroid dienone is 2. The average molecular weight is 933 g/mol. The second-order valence-corrected chi connectivity index (χ2v) is 20.1. The van der Waals surface area contributed by atoms with Crippen LogP contribution in [0.1, 0.15) is 107 Å². The number of hydrogen-bond acceptors (Lipinski definition) is 16. The van der Waals surface area contributed by atoms with Crippen LogP contribution in [0.4, 0.5) is 0 Å². The van der Waals surface area contributed by atoms with E-state index in [4.69, 9.17) is 52.1 Å². The summed E-state index contributed by atoms with van der Waals surface area (Å²) in [7, 11) is 3.20. The van der Waals surface area contributed by atoms with E-state index in [1.165, 1.54) is 6.92 Å². The minimum atomic E-state index is -1.88. The molecule has 6 aliphatic heterocycles. The van der Waals surface area contributed by atoms with Gasteiger partial charge in [-0.05, 0) is 56.8 Å². The van der Waals surface area contributed by atoms with Crippen LogP contribution in [-0.2, 0) is 61.7 Å². The number of carbonyl (C=O) groups excluding carboxylic acids is 2. The van der Waals surface area contributed by atoms with Gasteiger partial charge in [0.25, 0.3) is 0 Å². The van der Waals surface area contributed by atoms with E-state index in [0.717, 1.165) is 12.0 Å². The monoisotopic (exact) mass is 933 g/mol. The zero-order valence-electron chi connectivity index (χ0n) is 40.7. The molecule has 2 bridgehead atoms. The molecule has 7 rings (SSSR count). The van der Waals surface area contributed by atoms with Crippen molar-refractivity contribution in [2.45, 2.75) is 211 Å². The lowest BCUT2D eigenvalue weighted by molar-refractivity contribution is -0.354. The van der Waals surface area contributed by atoms with E-state index >= 15 is 0 Å². The van der Waals surface area contributed by atoms with Crippen molar-refractivity contribution >= 4 is 11.9 Å². The third kappa shape index (κ3) is 10.6. The summed E-state index contributed by atoms with van der Waals surface area (Å²) in [5.74, 6) is -3.65. The van der Waals surface area contributed by atoms with E-state index in [0.29, 0.717) is 36.8 Å². The predicted molar refractivity (Wildman–Crippen MR) is 238 cm³/mol. The van der Waals surface area contributed by atoms with E-state index in [9.17, 15) is 24.9 Å². The smallest absolute Gasteiger partial charge is 0.316 e. The Bertz CT molecular complexity index is 1830. The average Bonchev–Trinajstić information content (AvgIpc) is 3.61. The molecule has 3 N–H and O–H groups in total. The van der Waals surface area contributed by atoms with Crippen molar-refractivity contribution in [3.63, 3.8) is 0 Å². The largest absolute Gasteiger partial charge is 0.462 e. The van der Waals surface area contributed by atoms with Gasteiger partial charge in [-0.15, -0.1) is 0 Å². The number of aliphatic hydroxyl groups excluding tert-OH is 2. The number of fused-ring (bicyclic) bond motifs is 2. The van der Waals surface area contributed by atoms with Crippen LogP contribution in [0.3, 0.4) is 0 Å². The Morgan fingerprint density at radius 1 is 0.909 bits per heavy atom. The minimum Gasteiger partial charge on any atom is -0.462 e. The number of ether oxygens (including phenoxy) is 11. The van der Waals surface area contributed by atoms with Gasteiger partial charge in [0.1, 0.15) is 42.0 Å². The maximum Gasteiger partial charge on any atom is 0.316 e. The molecule has 16 heteroatoms. The summed E-state index contributed by atoms with van der Waals surface area (Å²) in [6.45, 7) is 17.1. The summed E-state index contributed by atoms with van der Waals surface area (Å²) >= 11 is 0. The normalized spacial score (nSPS) is 48.2. The summed E-state index contributed by atoms with van der Waals surface area (Å²) in [6, 6.07) is 0. The Balaban J connectivity index is 1.17. The van der Waals surface area contributed by atoms with Crippen molar-refractivity contribution in [3.05, 3.63) is 47.1 Å². The topological polar surface area (TPSA) is 196 Å². The third-order valence-electron chi connectivity index (χ3n) is 15.3. The highest BCUT2D eigenvalue weighted by Gasteiger charge is 2.60. The Morgan fingerprint density at radius 3 is 2.24 bits per heavy atom. The molecule has 5 saturated heterocycles. The molecule has 0 amide bonds. The fourth-order valence-electron chi connectivity index (χ4n) is 11.3. The lowest BCUT2D eigenvalue weighted by Gasteiger charge is -2.52. The highest BCUT2D eigenvalue weighted by Crippen LogP contribution is 2.48. The first kappa shape index (κ1) is 51.3. The van der Waals surface area contributed by atoms with Crippen LogP contribution in [0.25, 0.3) is 0 Å². The molecule has 6 heterocycles. The number of hydrogen-bond donors (Lipinski definition) is 3. The summed E-state index contributed by atoms with van der Waals surface area (Å²) in [4.78, 5) is 26.2. The first-order valence-electron chi connectivity index (χ1n) is 24.1. The van der Waals surface area contributed by atoms with Crippen LogP contribution >= 0.6 is 0 Å². The van der Waals surface area contributed by atoms with E-state index in [2.05, 4.69) is 19.9 Å². The van der Waals surface area contributed by atoms with Crippen molar-refractivity contribution in [2.24, 2.45) is 23.7 Å². The molecule has 372 valence electrons. The number of carbonyl (C=O) groups is 2. The van der Waals surface area contributed by atoms with Gasteiger partial charge in [-0.25, -0.2) is 0 Å². The fraction of sp³-hybridized carbons (Fsp3) is 0.800. The SMILES string of the molecule is CC[C@H](C)[C@H]1O[C@@]2(C[C@@H]3C[C@@H](C/C=C(\C)[C@@H](O[C@H]4C[C@H](OC)[C@@H](O[C@H]5C[C@H](OC)[C@@H](OC(C)=O)[C@H](C)O5)[C@H](C)O4)[C@@H](C)/C=C/C=C4\CO[C@@H]5[C@H](O)C(C)=C[C@@H](C(=O)O3)[C@]45O)O2)C[C@H](O)[C@@H]1C. The maximum atomic E-state index is 14.4. The lowest BCUT2D eigenvalue weighted by atomic mass is 9.71. The third-order valence-corrected chi connectivity index (χ3v) is 15.3. The van der Waals surface area contributed by atoms with Gasteiger partial charge in [-0.3, -0.25) is 9.59 Å². The molecule has 0 aromatic heterocycles. The molecule has 0 saturated carbocycles. The molecule has 0 aromatic carbocycles. The van der Waals surface area contributed by atoms with Crippen LogP contribution in [0.5, 0.6) is 0 Å². The molecule has 7 aliphatic rings. The second-order valence-electron chi connectivity index (χ2n) is 20.1. The van der Waals surface area contributed by atoms with E-state index in [1.54, 1.807) is 33.3 Å². The second kappa shape index (κ2) is 21.2. The van der Waals surface area contributed by atoms with Crippen molar-refractivity contribution in [3.8, 4) is 0 Å². The van der Waals surface area contributed by atoms with Gasteiger partial charge in [-0.1, -0.05) is 64.5 Å². The highest BCUT2D eigenvalue weighted by molar-refractivity contribution is 5.78. The number of aliphatic hydroxyl groups is 3. The van der Waals surface area contributed by atoms with Crippen molar-refractivity contribution in [1.29, 1.82) is 0 Å². The van der Waals surface area contributed by atoms with Gasteiger partial charge in [0.2, 0.25) is 0 Å². The molecule has 0 radical (unpaired) electrons. The van der Waals surface area contributed by atoms with Crippen LogP contribution in [0.15, 0.2) is 47.1 Å². The van der Waals surface area contributed by atoms with Gasteiger partial charge < -0.3 is 67.4 Å². The molecule has 21 atom stereocenters. The molecule has 66 heavy (non-hydrogen) atoms. The van der Waals surface area contributed by atoms with Gasteiger partial charge >= 0.3 is 11.9 Å². The number of methoxy groups -OCH3 is 2. The summed E-state index contributed by atoms with van der Waals surface area (Å²) < 4.78 is 69.7. The quantitative estimate of drug-likeness (QED) is 0.203. The molecule has 1 spiro atoms. The van der Waals surface area contributed by atoms with Gasteiger partial charge in [0, 0.05) is 65.1 Å². The molecule has 1 aliphatic carbocycles. The zero-order valence-corrected chi connectivity index (χ0v) is 40.7. The first-order valence-corrected chi connectivity index (χ1v) is 24.1. The molecule has 0 aromatic rings. The maximum absolute atomic E-state index is 14.4. The van der Waals surface area contributed by atoms with Crippen LogP contribution < -0.4 is 0 Å². The predicted octanol–water partition coefficient (Wildman–Crippen LogP) is 5.14. The Morgan fingerprint density at radius 2 is 1.58 bits per heavy atom. The zero-order chi connectivity index (χ0) is 47.8. The summed E-state index contributed by atoms with van der Waals surface area (Å²) in [5.41, 5.74) is -0.00881. The number of esters is 2. The first-order chi connectivity index (χ1) is 31.3. The summed E-state index contributed by atoms with van der Waals surface area (Å²) in [5, 5.41) is 35.3. The fourth-order valence-corrected chi connectivity index (χ4v) is 11.3. The molecular formula is C50H76O16. The molecule has 5 fully saturated rings. The van der Waals surface area contributed by atoms with Crippen molar-refractivity contribution in [1.82, 2.24) is 0 Å². The minimum absolute atomic E-state index is 0.00320. The Kier molecular flexibility index (Phi) is 16.5. The van der Waals surface area contributed by atoms with Crippen molar-refractivity contribution < 1.29 is 77.0 Å². The lowest BCUT2D eigenvalue weighted by Crippen LogP contribution is -2.60. The van der Waals surface area contributed by atoms with Crippen LogP contribution in [-0.4, -0.2) is 151 Å². The van der Waals surface area contributed by atoms with Crippen LogP contribution in [0.2, 0.25) is 0 Å². The van der Waals surface area contributed by atoms with Crippen molar-refractivity contribution in [2.75, 3.05) is 20.8 Å². The standard InChI is InChI=1S/C50H76O16/c1-12-25(2)44-29(6)37(52)23-49(66-44)22-35-19-34(65-49)17-16-27(4)43(26(3)14-13-15-33-24-58-47-42(53)28(5)18-36(48(54)62-35)50(33,47)55)63-40-21-39(57-11)46(31(8)60-40)64-41-20-38(56-10)45(30(7)59-41)61-32(9)51/h13-16,18,25-26,29-31,34-47,52-53,55H,12,17,19-24H2,1-11H3/b14-13+,27-16+,33-15+/t25-,26-,29-,30-,31-,34+,35-,36-,37-,38-,39-,40-,41-,42+,43-,44+,45-,46-,47+,49-,50+/m0/s1. The summed E-state index contributed by atoms with van der Waals surface area (Å²) in [6.07, 6.45) is 2.89. The van der Waals surface area contributed by atoms with Gasteiger partial charge in [0.05, 0.1) is 49.3 Å². The Hall–Kier alpha value is -2.58. The van der Waals surface area contributed by atoms with E-state index in [-0.39, 0.29) is 43.3 Å². The molecular weight excluding hydrogens is 857 g/mol.